The van der Waals surface area contributed by atoms with Gasteiger partial charge in [0.2, 0.25) is 5.91 Å². The van der Waals surface area contributed by atoms with Gasteiger partial charge in [0.15, 0.2) is 0 Å². The van der Waals surface area contributed by atoms with Gasteiger partial charge < -0.3 is 10.6 Å². The molecule has 2 N–H and O–H groups in total. The van der Waals surface area contributed by atoms with Crippen molar-refractivity contribution in [3.05, 3.63) is 30.1 Å². The monoisotopic (exact) mass is 310 g/mol. The second-order valence-corrected chi connectivity index (χ2v) is 6.57. The first kappa shape index (κ1) is 16.3. The third-order valence-corrected chi connectivity index (χ3v) is 4.70. The second kappa shape index (κ2) is 9.05. The van der Waals surface area contributed by atoms with Gasteiger partial charge in [0, 0.05) is 23.6 Å². The number of piperidine rings is 1. The molecule has 1 aliphatic heterocycles. The van der Waals surface area contributed by atoms with E-state index in [0.717, 1.165) is 36.7 Å². The fourth-order valence-electron chi connectivity index (χ4n) is 2.47. The Kier molecular flexibility index (Phi) is 7.03. The van der Waals surface area contributed by atoms with Crippen LogP contribution in [0.4, 0.5) is 4.39 Å². The second-order valence-electron chi connectivity index (χ2n) is 5.40. The highest BCUT2D eigenvalue weighted by molar-refractivity contribution is 7.99. The van der Waals surface area contributed by atoms with Gasteiger partial charge in [0.05, 0.1) is 0 Å². The molecule has 116 valence electrons. The summed E-state index contributed by atoms with van der Waals surface area (Å²) in [6.07, 6.45) is 4.07. The summed E-state index contributed by atoms with van der Waals surface area (Å²) in [6.45, 7) is 2.98. The first-order chi connectivity index (χ1) is 10.2. The van der Waals surface area contributed by atoms with Crippen LogP contribution in [0, 0.1) is 11.7 Å². The predicted octanol–water partition coefficient (Wildman–Crippen LogP) is 2.81. The lowest BCUT2D eigenvalue weighted by Crippen LogP contribution is -2.33. The zero-order chi connectivity index (χ0) is 14.9. The van der Waals surface area contributed by atoms with Gasteiger partial charge in [-0.3, -0.25) is 4.79 Å². The van der Waals surface area contributed by atoms with Gasteiger partial charge in [-0.1, -0.05) is 0 Å². The highest BCUT2D eigenvalue weighted by Gasteiger charge is 2.12. The average Bonchev–Trinajstić information content (AvgIpc) is 2.50. The SMILES string of the molecule is O=C(CCSc1ccc(F)cc1)NCCC1CCCNC1. The number of amides is 1. The molecule has 1 aromatic carbocycles. The number of rotatable bonds is 7. The van der Waals surface area contributed by atoms with E-state index in [1.807, 2.05) is 0 Å². The largest absolute Gasteiger partial charge is 0.356 e. The molecule has 0 bridgehead atoms. The smallest absolute Gasteiger partial charge is 0.220 e. The number of hydrogen-bond donors (Lipinski definition) is 2. The van der Waals surface area contributed by atoms with E-state index in [4.69, 9.17) is 0 Å². The van der Waals surface area contributed by atoms with Crippen LogP contribution in [0.15, 0.2) is 29.2 Å². The molecule has 2 rings (SSSR count). The average molecular weight is 310 g/mol. The Bertz CT molecular complexity index is 432. The summed E-state index contributed by atoms with van der Waals surface area (Å²) in [5.41, 5.74) is 0. The number of benzene rings is 1. The number of halogens is 1. The standard InChI is InChI=1S/C16H23FN2OS/c17-14-3-5-15(6-4-14)21-11-8-16(20)19-10-7-13-2-1-9-18-12-13/h3-6,13,18H,1-2,7-12H2,(H,19,20). The number of thioether (sulfide) groups is 1. The van der Waals surface area contributed by atoms with Crippen LogP contribution in [-0.4, -0.2) is 31.3 Å². The molecule has 1 aromatic rings. The van der Waals surface area contributed by atoms with Crippen LogP contribution in [-0.2, 0) is 4.79 Å². The molecule has 3 nitrogen and oxygen atoms in total. The highest BCUT2D eigenvalue weighted by atomic mass is 32.2. The quantitative estimate of drug-likeness (QED) is 0.761. The van der Waals surface area contributed by atoms with Crippen LogP contribution in [0.1, 0.15) is 25.7 Å². The zero-order valence-corrected chi connectivity index (χ0v) is 13.1. The van der Waals surface area contributed by atoms with Crippen LogP contribution >= 0.6 is 11.8 Å². The molecule has 1 amide bonds. The summed E-state index contributed by atoms with van der Waals surface area (Å²) in [5, 5.41) is 6.37. The molecule has 21 heavy (non-hydrogen) atoms. The highest BCUT2D eigenvalue weighted by Crippen LogP contribution is 2.18. The number of hydrogen-bond acceptors (Lipinski definition) is 3. The third-order valence-electron chi connectivity index (χ3n) is 3.69. The van der Waals surface area contributed by atoms with Crippen molar-refractivity contribution in [3.8, 4) is 0 Å². The van der Waals surface area contributed by atoms with Crippen molar-refractivity contribution in [1.29, 1.82) is 0 Å². The van der Waals surface area contributed by atoms with Crippen LogP contribution in [0.3, 0.4) is 0 Å². The molecule has 1 aliphatic rings. The molecule has 0 saturated carbocycles. The zero-order valence-electron chi connectivity index (χ0n) is 12.2. The lowest BCUT2D eigenvalue weighted by atomic mass is 9.96. The van der Waals surface area contributed by atoms with E-state index in [1.54, 1.807) is 23.9 Å². The van der Waals surface area contributed by atoms with Crippen molar-refractivity contribution in [2.24, 2.45) is 5.92 Å². The molecule has 1 unspecified atom stereocenters. The Morgan fingerprint density at radius 1 is 1.38 bits per heavy atom. The first-order valence-corrected chi connectivity index (χ1v) is 8.58. The summed E-state index contributed by atoms with van der Waals surface area (Å²) in [4.78, 5) is 12.7. The van der Waals surface area contributed by atoms with Gasteiger partial charge in [-0.2, -0.15) is 0 Å². The third kappa shape index (κ3) is 6.48. The van der Waals surface area contributed by atoms with Gasteiger partial charge >= 0.3 is 0 Å². The van der Waals surface area contributed by atoms with Crippen LogP contribution in [0.2, 0.25) is 0 Å². The van der Waals surface area contributed by atoms with E-state index in [9.17, 15) is 9.18 Å². The number of carbonyl (C=O) groups is 1. The van der Waals surface area contributed by atoms with Gasteiger partial charge in [-0.05, 0) is 62.5 Å². The van der Waals surface area contributed by atoms with Crippen molar-refractivity contribution >= 4 is 17.7 Å². The van der Waals surface area contributed by atoms with Crippen molar-refractivity contribution in [3.63, 3.8) is 0 Å². The molecule has 1 atom stereocenters. The minimum Gasteiger partial charge on any atom is -0.356 e. The molecule has 1 heterocycles. The maximum atomic E-state index is 12.8. The summed E-state index contributed by atoms with van der Waals surface area (Å²) in [7, 11) is 0. The minimum absolute atomic E-state index is 0.105. The molecule has 0 spiro atoms. The van der Waals surface area contributed by atoms with E-state index in [1.165, 1.54) is 25.0 Å². The predicted molar refractivity (Wildman–Crippen MR) is 85.0 cm³/mol. The topological polar surface area (TPSA) is 41.1 Å². The molecular formula is C16H23FN2OS. The minimum atomic E-state index is -0.228. The van der Waals surface area contributed by atoms with Gasteiger partial charge in [0.1, 0.15) is 5.82 Å². The lowest BCUT2D eigenvalue weighted by molar-refractivity contribution is -0.120. The van der Waals surface area contributed by atoms with E-state index in [2.05, 4.69) is 10.6 Å². The Hall–Kier alpha value is -1.07. The van der Waals surface area contributed by atoms with E-state index in [0.29, 0.717) is 12.3 Å². The van der Waals surface area contributed by atoms with Crippen LogP contribution < -0.4 is 10.6 Å². The van der Waals surface area contributed by atoms with E-state index < -0.39 is 0 Å². The normalized spacial score (nSPS) is 18.4. The summed E-state index contributed by atoms with van der Waals surface area (Å²) in [5.74, 6) is 1.30. The molecular weight excluding hydrogens is 287 g/mol. The summed E-state index contributed by atoms with van der Waals surface area (Å²) >= 11 is 1.58. The molecule has 1 saturated heterocycles. The molecule has 0 aromatic heterocycles. The maximum Gasteiger partial charge on any atom is 0.220 e. The maximum absolute atomic E-state index is 12.8. The Morgan fingerprint density at radius 3 is 2.90 bits per heavy atom. The summed E-state index contributed by atoms with van der Waals surface area (Å²) in [6, 6.07) is 6.38. The fraction of sp³-hybridized carbons (Fsp3) is 0.562. The molecule has 0 aliphatic carbocycles. The first-order valence-electron chi connectivity index (χ1n) is 7.60. The van der Waals surface area contributed by atoms with Gasteiger partial charge in [0.25, 0.3) is 0 Å². The van der Waals surface area contributed by atoms with Crippen molar-refractivity contribution in [2.45, 2.75) is 30.6 Å². The van der Waals surface area contributed by atoms with Crippen LogP contribution in [0.25, 0.3) is 0 Å². The van der Waals surface area contributed by atoms with Crippen molar-refractivity contribution < 1.29 is 9.18 Å². The summed E-state index contributed by atoms with van der Waals surface area (Å²) < 4.78 is 12.8. The lowest BCUT2D eigenvalue weighted by Gasteiger charge is -2.22. The number of nitrogens with one attached hydrogen (secondary N) is 2. The Labute approximate surface area is 130 Å². The van der Waals surface area contributed by atoms with Crippen LogP contribution in [0.5, 0.6) is 0 Å². The number of carbonyl (C=O) groups excluding carboxylic acids is 1. The Morgan fingerprint density at radius 2 is 2.19 bits per heavy atom. The Balaban J connectivity index is 1.54. The fourth-order valence-corrected chi connectivity index (χ4v) is 3.32. The van der Waals surface area contributed by atoms with Gasteiger partial charge in [-0.25, -0.2) is 4.39 Å². The molecule has 5 heteroatoms. The van der Waals surface area contributed by atoms with E-state index >= 15 is 0 Å². The molecule has 1 fully saturated rings. The molecule has 0 radical (unpaired) electrons. The van der Waals surface area contributed by atoms with Gasteiger partial charge in [-0.15, -0.1) is 11.8 Å². The van der Waals surface area contributed by atoms with Crippen molar-refractivity contribution in [1.82, 2.24) is 10.6 Å². The van der Waals surface area contributed by atoms with Crippen molar-refractivity contribution in [2.75, 3.05) is 25.4 Å². The van der Waals surface area contributed by atoms with E-state index in [-0.39, 0.29) is 11.7 Å².